The lowest BCUT2D eigenvalue weighted by Gasteiger charge is -1.98. The highest BCUT2D eigenvalue weighted by atomic mass is 31.1. The van der Waals surface area contributed by atoms with Crippen molar-refractivity contribution in [1.82, 2.24) is 0 Å². The van der Waals surface area contributed by atoms with E-state index in [-0.39, 0.29) is 6.61 Å². The van der Waals surface area contributed by atoms with Crippen LogP contribution in [-0.4, -0.2) is 13.2 Å². The molecule has 4 heteroatoms. The van der Waals surface area contributed by atoms with E-state index in [1.807, 2.05) is 6.92 Å². The Bertz CT molecular complexity index is 181. The normalized spacial score (nSPS) is 13.1. The molecule has 0 aliphatic carbocycles. The maximum Gasteiger partial charge on any atom is 0.320 e. The third-order valence-corrected chi connectivity index (χ3v) is 1.59. The van der Waals surface area contributed by atoms with Crippen LogP contribution in [0, 0.1) is 12.3 Å². The molecule has 0 amide bonds. The summed E-state index contributed by atoms with van der Waals surface area (Å²) in [5.74, 6) is 2.19. The molecule has 0 saturated heterocycles. The minimum absolute atomic E-state index is 0.0354. The van der Waals surface area contributed by atoms with Crippen molar-refractivity contribution >= 4 is 8.25 Å². The Balaban J connectivity index is 3.31. The van der Waals surface area contributed by atoms with Gasteiger partial charge in [-0.1, -0.05) is 18.1 Å². The van der Waals surface area contributed by atoms with Crippen molar-refractivity contribution in [1.29, 1.82) is 0 Å². The maximum atomic E-state index is 10.7. The molecule has 0 aromatic rings. The lowest BCUT2D eigenvalue weighted by Crippen LogP contribution is -1.85. The summed E-state index contributed by atoms with van der Waals surface area (Å²) in [4.78, 5) is 0. The molecule has 0 heterocycles. The van der Waals surface area contributed by atoms with E-state index in [2.05, 4.69) is 10.4 Å². The fourth-order valence-electron chi connectivity index (χ4n) is 0.355. The largest absolute Gasteiger partial charge is 0.320 e. The van der Waals surface area contributed by atoms with Crippen LogP contribution < -0.4 is 0 Å². The van der Waals surface area contributed by atoms with Gasteiger partial charge in [0.05, 0.1) is 6.61 Å². The lowest BCUT2D eigenvalue weighted by molar-refractivity contribution is 0.264. The number of rotatable bonds is 5. The van der Waals surface area contributed by atoms with Gasteiger partial charge in [0.15, 0.2) is 0 Å². The molecular formula is C7H11O3P. The van der Waals surface area contributed by atoms with Gasteiger partial charge < -0.3 is 4.52 Å². The molecule has 0 saturated carbocycles. The molecule has 0 aliphatic rings. The number of allylic oxidation sites excluding steroid dienone is 1. The highest BCUT2D eigenvalue weighted by Crippen LogP contribution is 2.22. The predicted molar refractivity (Wildman–Crippen MR) is 44.6 cm³/mol. The van der Waals surface area contributed by atoms with Crippen LogP contribution in [0.4, 0.5) is 0 Å². The molecule has 0 fully saturated rings. The molecule has 0 N–H and O–H groups in total. The Morgan fingerprint density at radius 2 is 2.36 bits per heavy atom. The Kier molecular flexibility index (Phi) is 7.18. The van der Waals surface area contributed by atoms with E-state index in [0.29, 0.717) is 6.61 Å². The maximum absolute atomic E-state index is 10.7. The molecule has 0 aromatic heterocycles. The summed E-state index contributed by atoms with van der Waals surface area (Å²) in [6.07, 6.45) is 8.40. The first kappa shape index (κ1) is 10.4. The SMILES string of the molecule is C#CCO[PH](=O)OC/C=C/C. The zero-order valence-electron chi connectivity index (χ0n) is 6.37. The van der Waals surface area contributed by atoms with Gasteiger partial charge in [0.2, 0.25) is 0 Å². The highest BCUT2D eigenvalue weighted by molar-refractivity contribution is 7.33. The molecule has 1 atom stereocenters. The zero-order chi connectivity index (χ0) is 8.53. The third kappa shape index (κ3) is 7.35. The lowest BCUT2D eigenvalue weighted by atomic mass is 10.6. The standard InChI is InChI=1S/C7H11O3P/c1-3-5-7-10-11(8)9-6-4-2/h2-3,5,11H,6-7H2,1H3/b5-3+. The third-order valence-electron chi connectivity index (χ3n) is 0.806. The van der Waals surface area contributed by atoms with E-state index in [0.717, 1.165) is 0 Å². The van der Waals surface area contributed by atoms with Crippen LogP contribution in [0.5, 0.6) is 0 Å². The van der Waals surface area contributed by atoms with Crippen LogP contribution in [0.25, 0.3) is 0 Å². The number of hydrogen-bond donors (Lipinski definition) is 0. The van der Waals surface area contributed by atoms with Crippen molar-refractivity contribution in [2.75, 3.05) is 13.2 Å². The van der Waals surface area contributed by atoms with E-state index >= 15 is 0 Å². The van der Waals surface area contributed by atoms with Gasteiger partial charge in [-0.3, -0.25) is 9.09 Å². The summed E-state index contributed by atoms with van der Waals surface area (Å²) in [6.45, 7) is 2.19. The highest BCUT2D eigenvalue weighted by Gasteiger charge is 1.94. The first-order valence-electron chi connectivity index (χ1n) is 3.15. The van der Waals surface area contributed by atoms with Gasteiger partial charge in [0.1, 0.15) is 6.61 Å². The van der Waals surface area contributed by atoms with E-state index in [9.17, 15) is 4.57 Å². The van der Waals surface area contributed by atoms with Crippen molar-refractivity contribution in [3.63, 3.8) is 0 Å². The number of hydrogen-bond acceptors (Lipinski definition) is 3. The summed E-state index contributed by atoms with van der Waals surface area (Å²) >= 11 is 0. The topological polar surface area (TPSA) is 35.5 Å². The van der Waals surface area contributed by atoms with Crippen LogP contribution in [0.3, 0.4) is 0 Å². The number of terminal acetylenes is 1. The van der Waals surface area contributed by atoms with E-state index in [1.54, 1.807) is 12.2 Å². The Hall–Kier alpha value is -0.550. The van der Waals surface area contributed by atoms with Crippen molar-refractivity contribution in [3.05, 3.63) is 12.2 Å². The minimum Gasteiger partial charge on any atom is -0.306 e. The second kappa shape index (κ2) is 7.56. The van der Waals surface area contributed by atoms with Gasteiger partial charge in [-0.25, -0.2) is 0 Å². The molecule has 1 unspecified atom stereocenters. The van der Waals surface area contributed by atoms with Gasteiger partial charge in [0, 0.05) is 0 Å². The molecule has 3 nitrogen and oxygen atoms in total. The zero-order valence-corrected chi connectivity index (χ0v) is 7.37. The van der Waals surface area contributed by atoms with E-state index < -0.39 is 8.25 Å². The van der Waals surface area contributed by atoms with Crippen LogP contribution in [0.1, 0.15) is 6.92 Å². The Morgan fingerprint density at radius 1 is 1.64 bits per heavy atom. The molecule has 0 aliphatic heterocycles. The van der Waals surface area contributed by atoms with Crippen LogP contribution in [-0.2, 0) is 13.6 Å². The summed E-state index contributed by atoms with van der Waals surface area (Å²) in [5.41, 5.74) is 0. The summed E-state index contributed by atoms with van der Waals surface area (Å²) in [7, 11) is -2.37. The fraction of sp³-hybridized carbons (Fsp3) is 0.429. The minimum atomic E-state index is -2.37. The fourth-order valence-corrected chi connectivity index (χ4v) is 0.871. The van der Waals surface area contributed by atoms with Gasteiger partial charge in [-0.2, -0.15) is 0 Å². The van der Waals surface area contributed by atoms with Crippen molar-refractivity contribution in [2.24, 2.45) is 0 Å². The average Bonchev–Trinajstić information content (AvgIpc) is 2.01. The smallest absolute Gasteiger partial charge is 0.306 e. The Labute approximate surface area is 67.3 Å². The van der Waals surface area contributed by atoms with Gasteiger partial charge >= 0.3 is 8.25 Å². The Morgan fingerprint density at radius 3 is 2.91 bits per heavy atom. The van der Waals surface area contributed by atoms with E-state index in [1.165, 1.54) is 0 Å². The summed E-state index contributed by atoms with van der Waals surface area (Å²) < 4.78 is 20.0. The molecule has 0 rings (SSSR count). The van der Waals surface area contributed by atoms with Crippen LogP contribution >= 0.6 is 8.25 Å². The van der Waals surface area contributed by atoms with Crippen LogP contribution in [0.2, 0.25) is 0 Å². The molecule has 0 bridgehead atoms. The molecule has 0 radical (unpaired) electrons. The summed E-state index contributed by atoms with van der Waals surface area (Å²) in [6, 6.07) is 0. The van der Waals surface area contributed by atoms with Gasteiger partial charge in [-0.15, -0.1) is 6.42 Å². The van der Waals surface area contributed by atoms with Crippen molar-refractivity contribution < 1.29 is 13.6 Å². The quantitative estimate of drug-likeness (QED) is 0.361. The van der Waals surface area contributed by atoms with Gasteiger partial charge in [0.25, 0.3) is 0 Å². The average molecular weight is 174 g/mol. The molecule has 0 spiro atoms. The second-order valence-electron chi connectivity index (χ2n) is 1.62. The second-order valence-corrected chi connectivity index (χ2v) is 2.70. The molecular weight excluding hydrogens is 163 g/mol. The summed E-state index contributed by atoms with van der Waals surface area (Å²) in [5, 5.41) is 0. The first-order chi connectivity index (χ1) is 5.31. The molecule has 62 valence electrons. The molecule has 0 aromatic carbocycles. The monoisotopic (exact) mass is 174 g/mol. The van der Waals surface area contributed by atoms with Crippen molar-refractivity contribution in [3.8, 4) is 12.3 Å². The first-order valence-corrected chi connectivity index (χ1v) is 4.38. The van der Waals surface area contributed by atoms with E-state index in [4.69, 9.17) is 10.9 Å². The van der Waals surface area contributed by atoms with Crippen LogP contribution in [0.15, 0.2) is 12.2 Å². The van der Waals surface area contributed by atoms with Gasteiger partial charge in [-0.05, 0) is 6.92 Å². The predicted octanol–water partition coefficient (Wildman–Crippen LogP) is 1.62. The molecule has 11 heavy (non-hydrogen) atoms. The van der Waals surface area contributed by atoms with Crippen molar-refractivity contribution in [2.45, 2.75) is 6.92 Å².